The highest BCUT2D eigenvalue weighted by Crippen LogP contribution is 2.40. The van der Waals surface area contributed by atoms with Crippen LogP contribution in [-0.2, 0) is 0 Å². The SMILES string of the molecule is O=C1N[C@H](c2cc(F)ccc2Cl)c2c(NC(=O)N3CCC[C@](O)(C(F)(F)F)C3)cccc21. The van der Waals surface area contributed by atoms with Gasteiger partial charge in [-0.25, -0.2) is 9.18 Å². The Morgan fingerprint density at radius 1 is 1.28 bits per heavy atom. The number of anilines is 1. The number of carbonyl (C=O) groups is 2. The van der Waals surface area contributed by atoms with E-state index in [1.165, 1.54) is 24.3 Å². The van der Waals surface area contributed by atoms with Crippen LogP contribution in [0.5, 0.6) is 0 Å². The van der Waals surface area contributed by atoms with Crippen LogP contribution in [0.3, 0.4) is 0 Å². The molecule has 0 aliphatic carbocycles. The Labute approximate surface area is 185 Å². The van der Waals surface area contributed by atoms with E-state index >= 15 is 0 Å². The van der Waals surface area contributed by atoms with E-state index in [-0.39, 0.29) is 34.8 Å². The second kappa shape index (κ2) is 7.93. The van der Waals surface area contributed by atoms with Crippen molar-refractivity contribution in [3.63, 3.8) is 0 Å². The Bertz CT molecular complexity index is 1090. The van der Waals surface area contributed by atoms with Crippen molar-refractivity contribution >= 4 is 29.2 Å². The van der Waals surface area contributed by atoms with Crippen LogP contribution in [-0.4, -0.2) is 46.8 Å². The van der Waals surface area contributed by atoms with E-state index in [1.54, 1.807) is 0 Å². The number of aliphatic hydroxyl groups is 1. The van der Waals surface area contributed by atoms with Crippen molar-refractivity contribution in [2.45, 2.75) is 30.7 Å². The van der Waals surface area contributed by atoms with Gasteiger partial charge in [-0.15, -0.1) is 0 Å². The summed E-state index contributed by atoms with van der Waals surface area (Å²) in [5.41, 5.74) is -2.02. The van der Waals surface area contributed by atoms with Crippen LogP contribution in [0.25, 0.3) is 0 Å². The average Bonchev–Trinajstić information content (AvgIpc) is 3.06. The molecule has 2 aromatic rings. The molecule has 2 aromatic carbocycles. The number of benzene rings is 2. The molecule has 1 fully saturated rings. The molecule has 0 saturated carbocycles. The second-order valence-electron chi connectivity index (χ2n) is 7.82. The molecule has 3 N–H and O–H groups in total. The summed E-state index contributed by atoms with van der Waals surface area (Å²) in [4.78, 5) is 26.1. The summed E-state index contributed by atoms with van der Waals surface area (Å²) in [5.74, 6) is -1.04. The van der Waals surface area contributed by atoms with Crippen molar-refractivity contribution in [3.05, 3.63) is 63.9 Å². The molecule has 1 saturated heterocycles. The van der Waals surface area contributed by atoms with E-state index in [2.05, 4.69) is 10.6 Å². The molecule has 6 nitrogen and oxygen atoms in total. The van der Waals surface area contributed by atoms with Crippen molar-refractivity contribution in [1.82, 2.24) is 10.2 Å². The summed E-state index contributed by atoms with van der Waals surface area (Å²) in [6.45, 7) is -0.886. The third-order valence-corrected chi connectivity index (χ3v) is 6.06. The number of alkyl halides is 3. The maximum Gasteiger partial charge on any atom is 0.418 e. The smallest absolute Gasteiger partial charge is 0.379 e. The predicted molar refractivity (Wildman–Crippen MR) is 108 cm³/mol. The van der Waals surface area contributed by atoms with Crippen LogP contribution in [0.15, 0.2) is 36.4 Å². The first-order chi connectivity index (χ1) is 15.0. The maximum atomic E-state index is 13.8. The third kappa shape index (κ3) is 3.88. The number of carbonyl (C=O) groups excluding carboxylic acids is 2. The van der Waals surface area contributed by atoms with Crippen LogP contribution in [0.2, 0.25) is 5.02 Å². The van der Waals surface area contributed by atoms with Crippen molar-refractivity contribution in [2.75, 3.05) is 18.4 Å². The fourth-order valence-corrected chi connectivity index (χ4v) is 4.30. The molecule has 4 rings (SSSR count). The zero-order chi connectivity index (χ0) is 23.3. The highest BCUT2D eigenvalue weighted by molar-refractivity contribution is 6.31. The molecule has 0 aromatic heterocycles. The fourth-order valence-electron chi connectivity index (χ4n) is 4.07. The largest absolute Gasteiger partial charge is 0.418 e. The molecule has 0 bridgehead atoms. The number of rotatable bonds is 2. The van der Waals surface area contributed by atoms with Crippen LogP contribution in [0, 0.1) is 5.82 Å². The maximum absolute atomic E-state index is 13.8. The normalized spacial score (nSPS) is 23.0. The molecule has 0 spiro atoms. The van der Waals surface area contributed by atoms with Gasteiger partial charge >= 0.3 is 12.2 Å². The van der Waals surface area contributed by atoms with E-state index < -0.39 is 48.5 Å². The van der Waals surface area contributed by atoms with Crippen molar-refractivity contribution in [2.24, 2.45) is 0 Å². The Kier molecular flexibility index (Phi) is 5.54. The second-order valence-corrected chi connectivity index (χ2v) is 8.23. The van der Waals surface area contributed by atoms with Crippen LogP contribution in [0.4, 0.5) is 28.0 Å². The van der Waals surface area contributed by atoms with Gasteiger partial charge in [0.2, 0.25) is 0 Å². The van der Waals surface area contributed by atoms with E-state index in [1.807, 2.05) is 0 Å². The number of halogens is 5. The van der Waals surface area contributed by atoms with Gasteiger partial charge in [0.15, 0.2) is 5.60 Å². The lowest BCUT2D eigenvalue weighted by atomic mass is 9.92. The molecule has 0 radical (unpaired) electrons. The predicted octanol–water partition coefficient (Wildman–Crippen LogP) is 4.23. The van der Waals surface area contributed by atoms with Crippen LogP contribution < -0.4 is 10.6 Å². The van der Waals surface area contributed by atoms with E-state index in [9.17, 15) is 32.3 Å². The molecule has 2 atom stereocenters. The van der Waals surface area contributed by atoms with Crippen molar-refractivity contribution in [1.29, 1.82) is 0 Å². The van der Waals surface area contributed by atoms with Crippen LogP contribution >= 0.6 is 11.6 Å². The number of amides is 3. The minimum absolute atomic E-state index is 0.0234. The van der Waals surface area contributed by atoms with Gasteiger partial charge in [-0.3, -0.25) is 4.79 Å². The summed E-state index contributed by atoms with van der Waals surface area (Å²) >= 11 is 6.20. The number of β-amino-alcohol motifs (C(OH)–C–C–N with tert-alkyl or cyclic N) is 1. The minimum Gasteiger partial charge on any atom is -0.379 e. The Morgan fingerprint density at radius 2 is 2.03 bits per heavy atom. The first-order valence-electron chi connectivity index (χ1n) is 9.74. The van der Waals surface area contributed by atoms with Gasteiger partial charge in [0.05, 0.1) is 12.6 Å². The van der Waals surface area contributed by atoms with Gasteiger partial charge in [0, 0.05) is 33.9 Å². The van der Waals surface area contributed by atoms with Crippen molar-refractivity contribution < 1.29 is 32.3 Å². The molecule has 0 unspecified atom stereocenters. The highest BCUT2D eigenvalue weighted by atomic mass is 35.5. The van der Waals surface area contributed by atoms with Crippen molar-refractivity contribution in [3.8, 4) is 0 Å². The molecular weight excluding hydrogens is 454 g/mol. The summed E-state index contributed by atoms with van der Waals surface area (Å²) in [7, 11) is 0. The zero-order valence-electron chi connectivity index (χ0n) is 16.5. The molecule has 170 valence electrons. The number of hydrogen-bond donors (Lipinski definition) is 3. The quantitative estimate of drug-likeness (QED) is 0.573. The summed E-state index contributed by atoms with van der Waals surface area (Å²) in [5, 5.41) is 15.4. The highest BCUT2D eigenvalue weighted by Gasteiger charge is 2.56. The average molecular weight is 472 g/mol. The minimum atomic E-state index is -4.88. The lowest BCUT2D eigenvalue weighted by Gasteiger charge is -2.40. The van der Waals surface area contributed by atoms with Gasteiger partial charge in [0.1, 0.15) is 5.82 Å². The molecule has 11 heteroatoms. The van der Waals surface area contributed by atoms with Gasteiger partial charge < -0.3 is 20.6 Å². The number of likely N-dealkylation sites (tertiary alicyclic amines) is 1. The summed E-state index contributed by atoms with van der Waals surface area (Å²) in [6.07, 6.45) is -5.41. The van der Waals surface area contributed by atoms with E-state index in [0.717, 1.165) is 17.0 Å². The topological polar surface area (TPSA) is 81.7 Å². The van der Waals surface area contributed by atoms with E-state index in [0.29, 0.717) is 5.56 Å². The number of urea groups is 1. The number of nitrogens with zero attached hydrogens (tertiary/aromatic N) is 1. The summed E-state index contributed by atoms with van der Waals surface area (Å²) < 4.78 is 53.5. The van der Waals surface area contributed by atoms with Gasteiger partial charge in [-0.1, -0.05) is 17.7 Å². The molecule has 3 amide bonds. The van der Waals surface area contributed by atoms with Gasteiger partial charge in [-0.05, 0) is 43.2 Å². The Hall–Kier alpha value is -2.85. The zero-order valence-corrected chi connectivity index (χ0v) is 17.2. The first-order valence-corrected chi connectivity index (χ1v) is 10.1. The molecule has 2 aliphatic rings. The lowest BCUT2D eigenvalue weighted by molar-refractivity contribution is -0.271. The molecular formula is C21H18ClF4N3O3. The third-order valence-electron chi connectivity index (χ3n) is 5.71. The van der Waals surface area contributed by atoms with Crippen LogP contribution in [0.1, 0.15) is 40.4 Å². The molecule has 32 heavy (non-hydrogen) atoms. The number of nitrogens with one attached hydrogen (secondary N) is 2. The fraction of sp³-hybridized carbons (Fsp3) is 0.333. The first kappa shape index (κ1) is 22.3. The standard InChI is InChI=1S/C21H18ClF4N3O3/c22-14-6-5-11(23)9-13(14)17-16-12(18(30)28-17)3-1-4-15(16)27-19(31)29-8-2-7-20(32,10-29)21(24,25)26/h1,3-6,9,17,32H,2,7-8,10H2,(H,27,31)(H,28,30)/t17-,20-/m1/s1. The lowest BCUT2D eigenvalue weighted by Crippen LogP contribution is -2.58. The monoisotopic (exact) mass is 471 g/mol. The number of hydrogen-bond acceptors (Lipinski definition) is 3. The number of fused-ring (bicyclic) bond motifs is 1. The summed E-state index contributed by atoms with van der Waals surface area (Å²) in [6, 6.07) is 6.43. The Morgan fingerprint density at radius 3 is 2.75 bits per heavy atom. The Balaban J connectivity index is 1.65. The van der Waals surface area contributed by atoms with E-state index in [4.69, 9.17) is 11.6 Å². The van der Waals surface area contributed by atoms with Gasteiger partial charge in [-0.2, -0.15) is 13.2 Å². The number of piperidine rings is 1. The molecule has 2 aliphatic heterocycles. The van der Waals surface area contributed by atoms with Gasteiger partial charge in [0.25, 0.3) is 5.91 Å². The molecule has 2 heterocycles.